The lowest BCUT2D eigenvalue weighted by molar-refractivity contribution is 0.246. The minimum atomic E-state index is 0.552. The van der Waals surface area contributed by atoms with Crippen LogP contribution in [0.4, 0.5) is 5.82 Å². The summed E-state index contributed by atoms with van der Waals surface area (Å²) in [5.74, 6) is 2.72. The molecule has 0 radical (unpaired) electrons. The molecule has 156 valence electrons. The number of hydrogen-bond acceptors (Lipinski definition) is 6. The van der Waals surface area contributed by atoms with Gasteiger partial charge < -0.3 is 4.90 Å². The van der Waals surface area contributed by atoms with Crippen LogP contribution in [-0.4, -0.2) is 46.0 Å². The van der Waals surface area contributed by atoms with Gasteiger partial charge in [-0.2, -0.15) is 0 Å². The predicted octanol–water partition coefficient (Wildman–Crippen LogP) is 4.95. The van der Waals surface area contributed by atoms with Crippen molar-refractivity contribution < 1.29 is 0 Å². The highest BCUT2D eigenvalue weighted by Crippen LogP contribution is 2.43. The van der Waals surface area contributed by atoms with Gasteiger partial charge in [0.05, 0.1) is 11.1 Å². The summed E-state index contributed by atoms with van der Waals surface area (Å²) in [5.41, 5.74) is 3.64. The molecule has 0 unspecified atom stereocenters. The van der Waals surface area contributed by atoms with E-state index in [4.69, 9.17) is 9.97 Å². The molecule has 2 aliphatic rings. The summed E-state index contributed by atoms with van der Waals surface area (Å²) in [5, 5.41) is 3.48. The van der Waals surface area contributed by atoms with Gasteiger partial charge in [-0.25, -0.2) is 9.97 Å². The summed E-state index contributed by atoms with van der Waals surface area (Å²) in [6.45, 7) is 4.91. The van der Waals surface area contributed by atoms with Gasteiger partial charge in [-0.1, -0.05) is 36.4 Å². The number of aromatic nitrogens is 3. The second-order valence-electron chi connectivity index (χ2n) is 8.46. The van der Waals surface area contributed by atoms with E-state index >= 15 is 0 Å². The molecule has 0 atom stereocenters. The number of hydrogen-bond donors (Lipinski definition) is 0. The minimum absolute atomic E-state index is 0.552. The van der Waals surface area contributed by atoms with Gasteiger partial charge in [-0.05, 0) is 30.5 Å². The Morgan fingerprint density at radius 3 is 2.45 bits per heavy atom. The summed E-state index contributed by atoms with van der Waals surface area (Å²) in [7, 11) is 0. The Kier molecular flexibility index (Phi) is 4.89. The van der Waals surface area contributed by atoms with E-state index in [-0.39, 0.29) is 0 Å². The first-order valence-electron chi connectivity index (χ1n) is 11.1. The molecule has 0 spiro atoms. The fraction of sp³-hybridized carbons (Fsp3) is 0.320. The summed E-state index contributed by atoms with van der Waals surface area (Å²) in [6.07, 6.45) is 4.32. The molecule has 1 aromatic carbocycles. The standard InChI is InChI=1S/C25H25N5S/c1-2-6-18(7-3-1)21-17-31-25-22(21)24(27-23(28-25)19-9-10-19)30-14-12-29(13-15-30)16-20-8-4-5-11-26-20/h1-8,11,17,19H,9-10,12-16H2. The minimum Gasteiger partial charge on any atom is -0.353 e. The Bertz CT molecular complexity index is 1180. The van der Waals surface area contributed by atoms with E-state index in [0.29, 0.717) is 5.92 Å². The highest BCUT2D eigenvalue weighted by atomic mass is 32.1. The first-order valence-corrected chi connectivity index (χ1v) is 11.9. The number of pyridine rings is 1. The van der Waals surface area contributed by atoms with Crippen LogP contribution in [0.25, 0.3) is 21.3 Å². The molecule has 1 saturated heterocycles. The monoisotopic (exact) mass is 427 g/mol. The van der Waals surface area contributed by atoms with Crippen LogP contribution in [0.15, 0.2) is 60.1 Å². The fourth-order valence-electron chi connectivity index (χ4n) is 4.36. The molecule has 5 nitrogen and oxygen atoms in total. The topological polar surface area (TPSA) is 45.2 Å². The molecule has 31 heavy (non-hydrogen) atoms. The van der Waals surface area contributed by atoms with Crippen LogP contribution in [0, 0.1) is 0 Å². The van der Waals surface area contributed by atoms with Gasteiger partial charge in [-0.15, -0.1) is 11.3 Å². The zero-order chi connectivity index (χ0) is 20.6. The van der Waals surface area contributed by atoms with E-state index in [9.17, 15) is 0 Å². The quantitative estimate of drug-likeness (QED) is 0.451. The van der Waals surface area contributed by atoms with Crippen LogP contribution in [-0.2, 0) is 6.54 Å². The van der Waals surface area contributed by atoms with Gasteiger partial charge >= 0.3 is 0 Å². The van der Waals surface area contributed by atoms with Crippen molar-refractivity contribution in [2.24, 2.45) is 0 Å². The Labute approximate surface area is 186 Å². The fourth-order valence-corrected chi connectivity index (χ4v) is 5.31. The van der Waals surface area contributed by atoms with E-state index < -0.39 is 0 Å². The molecule has 0 N–H and O–H groups in total. The summed E-state index contributed by atoms with van der Waals surface area (Å²) in [4.78, 5) is 20.7. The van der Waals surface area contributed by atoms with Crippen LogP contribution in [0.3, 0.4) is 0 Å². The van der Waals surface area contributed by atoms with Crippen molar-refractivity contribution in [1.82, 2.24) is 19.9 Å². The van der Waals surface area contributed by atoms with Crippen molar-refractivity contribution in [2.75, 3.05) is 31.1 Å². The molecule has 0 bridgehead atoms. The number of thiophene rings is 1. The van der Waals surface area contributed by atoms with Crippen LogP contribution in [0.5, 0.6) is 0 Å². The maximum absolute atomic E-state index is 5.14. The van der Waals surface area contributed by atoms with Crippen molar-refractivity contribution in [3.8, 4) is 11.1 Å². The molecule has 1 aliphatic carbocycles. The number of anilines is 1. The van der Waals surface area contributed by atoms with E-state index in [1.54, 1.807) is 11.3 Å². The number of fused-ring (bicyclic) bond motifs is 1. The molecule has 6 heteroatoms. The largest absolute Gasteiger partial charge is 0.353 e. The molecule has 3 aromatic heterocycles. The Morgan fingerprint density at radius 2 is 1.71 bits per heavy atom. The van der Waals surface area contributed by atoms with E-state index in [1.807, 2.05) is 12.3 Å². The highest BCUT2D eigenvalue weighted by Gasteiger charge is 2.30. The first-order chi connectivity index (χ1) is 15.3. The van der Waals surface area contributed by atoms with Crippen molar-refractivity contribution in [2.45, 2.75) is 25.3 Å². The number of nitrogens with zero attached hydrogens (tertiary/aromatic N) is 5. The predicted molar refractivity (Wildman–Crippen MR) is 127 cm³/mol. The normalized spacial score (nSPS) is 17.4. The molecule has 0 amide bonds. The van der Waals surface area contributed by atoms with E-state index in [0.717, 1.165) is 54.9 Å². The lowest BCUT2D eigenvalue weighted by Gasteiger charge is -2.35. The lowest BCUT2D eigenvalue weighted by Crippen LogP contribution is -2.46. The number of piperazine rings is 1. The zero-order valence-corrected chi connectivity index (χ0v) is 18.3. The Morgan fingerprint density at radius 1 is 0.903 bits per heavy atom. The van der Waals surface area contributed by atoms with Crippen molar-refractivity contribution >= 4 is 27.4 Å². The third-order valence-corrected chi connectivity index (χ3v) is 7.11. The maximum Gasteiger partial charge on any atom is 0.141 e. The van der Waals surface area contributed by atoms with E-state index in [1.165, 1.54) is 29.4 Å². The van der Waals surface area contributed by atoms with Gasteiger partial charge in [0.25, 0.3) is 0 Å². The highest BCUT2D eigenvalue weighted by molar-refractivity contribution is 7.17. The second-order valence-corrected chi connectivity index (χ2v) is 9.32. The molecule has 6 rings (SSSR count). The second kappa shape index (κ2) is 8.02. The van der Waals surface area contributed by atoms with Crippen molar-refractivity contribution in [3.63, 3.8) is 0 Å². The van der Waals surface area contributed by atoms with Gasteiger partial charge in [0.15, 0.2) is 0 Å². The maximum atomic E-state index is 5.14. The van der Waals surface area contributed by atoms with Crippen molar-refractivity contribution in [1.29, 1.82) is 0 Å². The SMILES string of the molecule is c1ccc(-c2csc3nc(C4CC4)nc(N4CCN(Cc5ccccn5)CC4)c23)cc1. The first kappa shape index (κ1) is 18.9. The van der Waals surface area contributed by atoms with Crippen LogP contribution in [0.1, 0.15) is 30.3 Å². The van der Waals surface area contributed by atoms with Crippen LogP contribution < -0.4 is 4.90 Å². The summed E-state index contributed by atoms with van der Waals surface area (Å²) >= 11 is 1.75. The number of rotatable bonds is 5. The molecule has 4 heterocycles. The Hall–Kier alpha value is -2.83. The molecular formula is C25H25N5S. The van der Waals surface area contributed by atoms with Gasteiger partial charge in [0, 0.05) is 55.8 Å². The molecule has 4 aromatic rings. The summed E-state index contributed by atoms with van der Waals surface area (Å²) in [6, 6.07) is 16.8. The van der Waals surface area contributed by atoms with Gasteiger partial charge in [-0.3, -0.25) is 9.88 Å². The number of benzene rings is 1. The average molecular weight is 428 g/mol. The molecular weight excluding hydrogens is 402 g/mol. The third-order valence-electron chi connectivity index (χ3n) is 6.24. The van der Waals surface area contributed by atoms with Gasteiger partial charge in [0.1, 0.15) is 16.5 Å². The molecule has 2 fully saturated rings. The lowest BCUT2D eigenvalue weighted by atomic mass is 10.1. The molecule has 1 aliphatic heterocycles. The zero-order valence-electron chi connectivity index (χ0n) is 17.4. The molecule has 1 saturated carbocycles. The third kappa shape index (κ3) is 3.82. The van der Waals surface area contributed by atoms with Gasteiger partial charge in [0.2, 0.25) is 0 Å². The van der Waals surface area contributed by atoms with E-state index in [2.05, 4.69) is 62.6 Å². The average Bonchev–Trinajstić information content (AvgIpc) is 3.59. The van der Waals surface area contributed by atoms with Crippen LogP contribution >= 0.6 is 11.3 Å². The van der Waals surface area contributed by atoms with Crippen LogP contribution in [0.2, 0.25) is 0 Å². The smallest absolute Gasteiger partial charge is 0.141 e. The Balaban J connectivity index is 1.32. The van der Waals surface area contributed by atoms with Crippen molar-refractivity contribution in [3.05, 3.63) is 71.6 Å². The summed E-state index contributed by atoms with van der Waals surface area (Å²) < 4.78 is 0.